The van der Waals surface area contributed by atoms with Crippen molar-refractivity contribution in [1.29, 1.82) is 0 Å². The van der Waals surface area contributed by atoms with Crippen molar-refractivity contribution in [3.63, 3.8) is 0 Å². The van der Waals surface area contributed by atoms with E-state index in [0.29, 0.717) is 0 Å². The molecule has 0 saturated carbocycles. The molecule has 0 saturated heterocycles. The van der Waals surface area contributed by atoms with E-state index < -0.39 is 0 Å². The smallest absolute Gasteiger partial charge is 0.136 e. The van der Waals surface area contributed by atoms with E-state index in [4.69, 9.17) is 4.42 Å². The highest BCUT2D eigenvalue weighted by molar-refractivity contribution is 6.12. The van der Waals surface area contributed by atoms with Crippen LogP contribution < -0.4 is 4.90 Å². The Kier molecular flexibility index (Phi) is 8.30. The Balaban J connectivity index is 1.14. The summed E-state index contributed by atoms with van der Waals surface area (Å²) in [5.41, 5.74) is 11.7. The van der Waals surface area contributed by atoms with Crippen LogP contribution in [0.5, 0.6) is 0 Å². The van der Waals surface area contributed by atoms with Crippen LogP contribution in [0.2, 0.25) is 0 Å². The van der Waals surface area contributed by atoms with Crippen LogP contribution in [0.3, 0.4) is 0 Å². The molecule has 2 aromatic heterocycles. The lowest BCUT2D eigenvalue weighted by atomic mass is 9.97. The monoisotopic (exact) mass is 754 g/mol. The quantitative estimate of drug-likeness (QED) is 0.144. The molecule has 3 heteroatoms. The zero-order valence-corrected chi connectivity index (χ0v) is 32.3. The molecule has 0 atom stereocenters. The third kappa shape index (κ3) is 5.83. The topological polar surface area (TPSA) is 21.3 Å². The Hall–Kier alpha value is -7.88. The van der Waals surface area contributed by atoms with Crippen LogP contribution in [0.25, 0.3) is 87.7 Å². The zero-order chi connectivity index (χ0) is 39.3. The number of aromatic nitrogens is 1. The maximum Gasteiger partial charge on any atom is 0.136 e. The molecule has 11 aromatic rings. The third-order valence-corrected chi connectivity index (χ3v) is 11.6. The van der Waals surface area contributed by atoms with Gasteiger partial charge in [-0.25, -0.2) is 0 Å². The fourth-order valence-electron chi connectivity index (χ4n) is 8.88. The van der Waals surface area contributed by atoms with Crippen molar-refractivity contribution in [2.45, 2.75) is 0 Å². The maximum absolute atomic E-state index is 6.45. The van der Waals surface area contributed by atoms with Crippen molar-refractivity contribution in [1.82, 2.24) is 4.57 Å². The highest BCUT2D eigenvalue weighted by Crippen LogP contribution is 2.43. The molecule has 0 N–H and O–H groups in total. The molecule has 0 radical (unpaired) electrons. The van der Waals surface area contributed by atoms with Gasteiger partial charge in [0.15, 0.2) is 0 Å². The van der Waals surface area contributed by atoms with E-state index in [2.05, 4.69) is 229 Å². The molecule has 278 valence electrons. The number of benzene rings is 9. The summed E-state index contributed by atoms with van der Waals surface area (Å²) in [5, 5.41) is 9.41. The highest BCUT2D eigenvalue weighted by Gasteiger charge is 2.21. The minimum atomic E-state index is 0.874. The first-order valence-electron chi connectivity index (χ1n) is 20.0. The number of hydrogen-bond donors (Lipinski definition) is 0. The minimum Gasteiger partial charge on any atom is -0.456 e. The fourth-order valence-corrected chi connectivity index (χ4v) is 8.88. The van der Waals surface area contributed by atoms with Crippen LogP contribution in [0.15, 0.2) is 230 Å². The molecule has 0 unspecified atom stereocenters. The number of allylic oxidation sites excluding steroid dienone is 4. The van der Waals surface area contributed by atoms with Gasteiger partial charge in [-0.2, -0.15) is 0 Å². The molecule has 0 bridgehead atoms. The Morgan fingerprint density at radius 3 is 1.88 bits per heavy atom. The van der Waals surface area contributed by atoms with Gasteiger partial charge in [0.05, 0.1) is 28.1 Å². The summed E-state index contributed by atoms with van der Waals surface area (Å²) in [7, 11) is 0. The van der Waals surface area contributed by atoms with E-state index in [9.17, 15) is 0 Å². The summed E-state index contributed by atoms with van der Waals surface area (Å²) in [6, 6.07) is 69.3. The van der Waals surface area contributed by atoms with Crippen LogP contribution in [0.4, 0.5) is 11.4 Å². The predicted octanol–water partition coefficient (Wildman–Crippen LogP) is 15.6. The van der Waals surface area contributed by atoms with Gasteiger partial charge in [0.1, 0.15) is 11.2 Å². The van der Waals surface area contributed by atoms with Crippen molar-refractivity contribution in [3.05, 3.63) is 231 Å². The highest BCUT2D eigenvalue weighted by atomic mass is 16.3. The number of fused-ring (bicyclic) bond motifs is 8. The number of para-hydroxylation sites is 5. The molecular weight excluding hydrogens is 717 g/mol. The molecule has 0 aliphatic carbocycles. The lowest BCUT2D eigenvalue weighted by Gasteiger charge is -2.27. The summed E-state index contributed by atoms with van der Waals surface area (Å²) >= 11 is 0. The first kappa shape index (κ1) is 34.4. The van der Waals surface area contributed by atoms with E-state index in [0.717, 1.165) is 72.3 Å². The van der Waals surface area contributed by atoms with Crippen LogP contribution >= 0.6 is 0 Å². The Bertz CT molecular complexity index is 3430. The first-order chi connectivity index (χ1) is 29.2. The lowest BCUT2D eigenvalue weighted by Crippen LogP contribution is -2.13. The summed E-state index contributed by atoms with van der Waals surface area (Å²) in [5.74, 6) is 0. The largest absolute Gasteiger partial charge is 0.456 e. The van der Waals surface area contributed by atoms with Gasteiger partial charge in [0, 0.05) is 33.3 Å². The average Bonchev–Trinajstić information content (AvgIpc) is 3.82. The van der Waals surface area contributed by atoms with Crippen molar-refractivity contribution >= 4 is 82.2 Å². The molecule has 0 spiro atoms. The third-order valence-electron chi connectivity index (χ3n) is 11.6. The van der Waals surface area contributed by atoms with E-state index in [1.807, 2.05) is 6.08 Å². The van der Waals surface area contributed by atoms with Gasteiger partial charge in [-0.15, -0.1) is 0 Å². The standard InChI is InChI=1S/C56H38N2O/c1-2-16-38(44-25-15-20-39-17-5-6-21-43(39)44)33-34-57(53-29-13-14-30-54(53)58-51-27-11-8-23-46(51)47-24-9-12-28-52(47)58)50-26-10-7-22-45(50)42-31-32-55-48(36-42)49-35-40-18-3-4-19-41(40)37-56(49)59-55/h2-37H,1H2/b34-33+,38-16+. The van der Waals surface area contributed by atoms with Crippen LogP contribution in [0.1, 0.15) is 5.56 Å². The summed E-state index contributed by atoms with van der Waals surface area (Å²) < 4.78 is 8.85. The van der Waals surface area contributed by atoms with Crippen molar-refractivity contribution in [2.75, 3.05) is 4.90 Å². The number of hydrogen-bond acceptors (Lipinski definition) is 2. The first-order valence-corrected chi connectivity index (χ1v) is 20.0. The molecule has 59 heavy (non-hydrogen) atoms. The Morgan fingerprint density at radius 1 is 0.492 bits per heavy atom. The molecule has 2 heterocycles. The van der Waals surface area contributed by atoms with Gasteiger partial charge in [-0.1, -0.05) is 158 Å². The lowest BCUT2D eigenvalue weighted by molar-refractivity contribution is 0.669. The second-order valence-electron chi connectivity index (χ2n) is 15.0. The molecule has 3 nitrogen and oxygen atoms in total. The van der Waals surface area contributed by atoms with E-state index >= 15 is 0 Å². The minimum absolute atomic E-state index is 0.874. The second-order valence-corrected chi connectivity index (χ2v) is 15.0. The molecule has 9 aromatic carbocycles. The van der Waals surface area contributed by atoms with Crippen LogP contribution in [-0.2, 0) is 0 Å². The van der Waals surface area contributed by atoms with Crippen molar-refractivity contribution < 1.29 is 4.42 Å². The number of rotatable bonds is 8. The molecule has 0 amide bonds. The van der Waals surface area contributed by atoms with Crippen molar-refractivity contribution in [3.8, 4) is 16.8 Å². The van der Waals surface area contributed by atoms with E-state index in [-0.39, 0.29) is 0 Å². The van der Waals surface area contributed by atoms with Crippen molar-refractivity contribution in [2.24, 2.45) is 0 Å². The second kappa shape index (κ2) is 14.3. The summed E-state index contributed by atoms with van der Waals surface area (Å²) in [6.45, 7) is 4.13. The van der Waals surface area contributed by atoms with Crippen LogP contribution in [0, 0.1) is 0 Å². The number of nitrogens with zero attached hydrogens (tertiary/aromatic N) is 2. The number of anilines is 2. The van der Waals surface area contributed by atoms with E-state index in [1.165, 1.54) is 32.3 Å². The molecule has 0 aliphatic rings. The number of furan rings is 1. The summed E-state index contributed by atoms with van der Waals surface area (Å²) in [4.78, 5) is 2.35. The zero-order valence-electron chi connectivity index (χ0n) is 32.3. The van der Waals surface area contributed by atoms with E-state index in [1.54, 1.807) is 0 Å². The van der Waals surface area contributed by atoms with Gasteiger partial charge in [0.2, 0.25) is 0 Å². The normalized spacial score (nSPS) is 12.2. The Morgan fingerprint density at radius 2 is 1.10 bits per heavy atom. The van der Waals surface area contributed by atoms with Gasteiger partial charge < -0.3 is 13.9 Å². The molecule has 0 aliphatic heterocycles. The molecule has 11 rings (SSSR count). The van der Waals surface area contributed by atoms with Gasteiger partial charge in [-0.3, -0.25) is 0 Å². The predicted molar refractivity (Wildman–Crippen MR) is 251 cm³/mol. The van der Waals surface area contributed by atoms with Gasteiger partial charge in [-0.05, 0) is 98.9 Å². The fraction of sp³-hybridized carbons (Fsp3) is 0. The Labute approximate surface area is 342 Å². The van der Waals surface area contributed by atoms with Gasteiger partial charge >= 0.3 is 0 Å². The van der Waals surface area contributed by atoms with Gasteiger partial charge in [0.25, 0.3) is 0 Å². The van der Waals surface area contributed by atoms with Crippen LogP contribution in [-0.4, -0.2) is 4.57 Å². The SMILES string of the molecule is C=C/C=C(\C=C\N(c1ccccc1-c1ccc2oc3cc4ccccc4cc3c2c1)c1ccccc1-n1c2ccccc2c2ccccc21)c1cccc2ccccc12. The summed E-state index contributed by atoms with van der Waals surface area (Å²) in [6.07, 6.45) is 8.42. The molecule has 0 fully saturated rings. The average molecular weight is 755 g/mol. The maximum atomic E-state index is 6.45. The molecular formula is C56H38N2O.